The van der Waals surface area contributed by atoms with Crippen LogP contribution < -0.4 is 0 Å². The Morgan fingerprint density at radius 3 is 2.00 bits per heavy atom. The molecule has 6 nitrogen and oxygen atoms in total. The van der Waals surface area contributed by atoms with E-state index in [4.69, 9.17) is 14.5 Å². The molecule has 0 radical (unpaired) electrons. The minimum atomic E-state index is -1.73. The zero-order chi connectivity index (χ0) is 16.8. The van der Waals surface area contributed by atoms with Gasteiger partial charge in [0.1, 0.15) is 0 Å². The minimum absolute atomic E-state index is 0.365. The number of ether oxygens (including phenoxy) is 2. The number of methoxy groups -OCH3 is 2. The molecule has 0 N–H and O–H groups in total. The fourth-order valence-corrected chi connectivity index (χ4v) is 1.75. The summed E-state index contributed by atoms with van der Waals surface area (Å²) in [4.78, 5) is 34.9. The predicted octanol–water partition coefficient (Wildman–Crippen LogP) is 2.36. The number of hydrogen-bond acceptors (Lipinski definition) is 6. The smallest absolute Gasteiger partial charge is 0.346 e. The molecule has 1 aromatic carbocycles. The maximum atomic E-state index is 12.4. The first-order valence-electron chi connectivity index (χ1n) is 6.83. The molecular weight excluding hydrogens is 288 g/mol. The monoisotopic (exact) mass is 310 g/mol. The third kappa shape index (κ3) is 4.54. The van der Waals surface area contributed by atoms with E-state index in [1.807, 2.05) is 0 Å². The number of hydrogen-bond donors (Lipinski definition) is 0. The molecule has 0 aliphatic rings. The van der Waals surface area contributed by atoms with Gasteiger partial charge in [0, 0.05) is 0 Å². The number of rotatable bonds is 6. The van der Waals surface area contributed by atoms with Gasteiger partial charge in [0.2, 0.25) is 5.60 Å². The van der Waals surface area contributed by atoms with Gasteiger partial charge in [0.05, 0.1) is 26.2 Å². The van der Waals surface area contributed by atoms with Crippen molar-refractivity contribution >= 4 is 11.9 Å². The Morgan fingerprint density at radius 2 is 1.55 bits per heavy atom. The first kappa shape index (κ1) is 18.1. The molecule has 122 valence electrons. The average molecular weight is 310 g/mol. The Balaban J connectivity index is 3.29. The van der Waals surface area contributed by atoms with Crippen molar-refractivity contribution in [3.63, 3.8) is 0 Å². The van der Waals surface area contributed by atoms with Crippen LogP contribution in [0, 0.1) is 0 Å². The Bertz CT molecular complexity index is 505. The molecule has 0 amide bonds. The molecule has 22 heavy (non-hydrogen) atoms. The predicted molar refractivity (Wildman–Crippen MR) is 78.7 cm³/mol. The van der Waals surface area contributed by atoms with E-state index in [-0.39, 0.29) is 6.42 Å². The van der Waals surface area contributed by atoms with Crippen LogP contribution in [0.1, 0.15) is 32.8 Å². The Kier molecular flexibility index (Phi) is 6.08. The van der Waals surface area contributed by atoms with Crippen LogP contribution in [0.5, 0.6) is 0 Å². The lowest BCUT2D eigenvalue weighted by atomic mass is 9.90. The number of carbonyl (C=O) groups excluding carboxylic acids is 2. The first-order valence-corrected chi connectivity index (χ1v) is 6.83. The van der Waals surface area contributed by atoms with Gasteiger partial charge in [-0.15, -0.1) is 0 Å². The van der Waals surface area contributed by atoms with Crippen molar-refractivity contribution in [1.82, 2.24) is 0 Å². The van der Waals surface area contributed by atoms with Gasteiger partial charge in [-0.3, -0.25) is 4.79 Å². The summed E-state index contributed by atoms with van der Waals surface area (Å²) in [6, 6.07) is 8.56. The second-order valence-electron chi connectivity index (χ2n) is 5.72. The second kappa shape index (κ2) is 7.38. The number of benzene rings is 1. The third-order valence-corrected chi connectivity index (χ3v) is 2.81. The summed E-state index contributed by atoms with van der Waals surface area (Å²) in [7, 11) is 2.46. The van der Waals surface area contributed by atoms with Gasteiger partial charge in [-0.2, -0.15) is 0 Å². The van der Waals surface area contributed by atoms with E-state index in [2.05, 4.69) is 4.74 Å². The van der Waals surface area contributed by atoms with E-state index >= 15 is 0 Å². The van der Waals surface area contributed by atoms with Gasteiger partial charge in [0.15, 0.2) is 0 Å². The van der Waals surface area contributed by atoms with Gasteiger partial charge < -0.3 is 9.47 Å². The highest BCUT2D eigenvalue weighted by Gasteiger charge is 2.48. The molecule has 0 saturated carbocycles. The first-order chi connectivity index (χ1) is 10.2. The van der Waals surface area contributed by atoms with Crippen molar-refractivity contribution in [3.05, 3.63) is 35.9 Å². The lowest BCUT2D eigenvalue weighted by Crippen LogP contribution is -2.44. The number of carbonyl (C=O) groups is 2. The normalized spacial score (nSPS) is 14.0. The van der Waals surface area contributed by atoms with Crippen molar-refractivity contribution in [2.75, 3.05) is 14.2 Å². The van der Waals surface area contributed by atoms with Gasteiger partial charge in [-0.05, 0) is 26.3 Å². The van der Waals surface area contributed by atoms with Crippen LogP contribution >= 0.6 is 0 Å². The minimum Gasteiger partial charge on any atom is -0.469 e. The fourth-order valence-electron chi connectivity index (χ4n) is 1.75. The second-order valence-corrected chi connectivity index (χ2v) is 5.72. The summed E-state index contributed by atoms with van der Waals surface area (Å²) >= 11 is 0. The summed E-state index contributed by atoms with van der Waals surface area (Å²) in [6.45, 7) is 5.29. The molecular formula is C16H22O6. The van der Waals surface area contributed by atoms with Crippen LogP contribution in [-0.4, -0.2) is 31.8 Å². The highest BCUT2D eigenvalue weighted by Crippen LogP contribution is 2.33. The Hall–Kier alpha value is -1.92. The van der Waals surface area contributed by atoms with Crippen molar-refractivity contribution in [3.8, 4) is 0 Å². The quantitative estimate of drug-likeness (QED) is 0.456. The van der Waals surface area contributed by atoms with Crippen LogP contribution in [-0.2, 0) is 34.4 Å². The largest absolute Gasteiger partial charge is 0.469 e. The summed E-state index contributed by atoms with van der Waals surface area (Å²) in [6.07, 6.45) is -0.365. The average Bonchev–Trinajstić information content (AvgIpc) is 2.50. The summed E-state index contributed by atoms with van der Waals surface area (Å²) in [5.74, 6) is -1.36. The van der Waals surface area contributed by atoms with Gasteiger partial charge in [0.25, 0.3) is 0 Å². The van der Waals surface area contributed by atoms with Crippen LogP contribution in [0.4, 0.5) is 0 Å². The van der Waals surface area contributed by atoms with E-state index in [9.17, 15) is 9.59 Å². The Labute approximate surface area is 130 Å². The van der Waals surface area contributed by atoms with Crippen molar-refractivity contribution in [2.24, 2.45) is 0 Å². The standard InChI is InChI=1S/C16H22O6/c1-15(2,3)21-22-16(14(18)20-5,11-13(17)19-4)12-9-7-6-8-10-12/h6-10H,11H2,1-5H3. The number of esters is 2. The molecule has 1 rings (SSSR count). The van der Waals surface area contributed by atoms with Gasteiger partial charge in [-0.25, -0.2) is 14.6 Å². The molecule has 6 heteroatoms. The van der Waals surface area contributed by atoms with Crippen molar-refractivity contribution < 1.29 is 28.8 Å². The molecule has 0 fully saturated rings. The van der Waals surface area contributed by atoms with Gasteiger partial charge in [-0.1, -0.05) is 30.3 Å². The van der Waals surface area contributed by atoms with Gasteiger partial charge >= 0.3 is 11.9 Å². The maximum absolute atomic E-state index is 12.4. The van der Waals surface area contributed by atoms with Crippen molar-refractivity contribution in [1.29, 1.82) is 0 Å². The zero-order valence-corrected chi connectivity index (χ0v) is 13.5. The molecule has 1 atom stereocenters. The van der Waals surface area contributed by atoms with E-state index in [1.54, 1.807) is 51.1 Å². The van der Waals surface area contributed by atoms with Crippen LogP contribution in [0.15, 0.2) is 30.3 Å². The molecule has 0 bridgehead atoms. The summed E-state index contributed by atoms with van der Waals surface area (Å²) in [5, 5.41) is 0. The fraction of sp³-hybridized carbons (Fsp3) is 0.500. The molecule has 0 aliphatic carbocycles. The van der Waals surface area contributed by atoms with Crippen LogP contribution in [0.25, 0.3) is 0 Å². The maximum Gasteiger partial charge on any atom is 0.346 e. The molecule has 0 aromatic heterocycles. The van der Waals surface area contributed by atoms with Crippen LogP contribution in [0.2, 0.25) is 0 Å². The summed E-state index contributed by atoms with van der Waals surface area (Å²) in [5.41, 5.74) is -1.96. The molecule has 0 aliphatic heterocycles. The molecule has 0 heterocycles. The summed E-state index contributed by atoms with van der Waals surface area (Å²) < 4.78 is 9.50. The lowest BCUT2D eigenvalue weighted by Gasteiger charge is -2.32. The van der Waals surface area contributed by atoms with Crippen LogP contribution in [0.3, 0.4) is 0 Å². The van der Waals surface area contributed by atoms with E-state index in [0.717, 1.165) is 0 Å². The molecule has 1 aromatic rings. The highest BCUT2D eigenvalue weighted by atomic mass is 17.2. The SMILES string of the molecule is COC(=O)CC(OOC(C)(C)C)(C(=O)OC)c1ccccc1. The topological polar surface area (TPSA) is 71.1 Å². The molecule has 0 spiro atoms. The lowest BCUT2D eigenvalue weighted by molar-refractivity contribution is -0.401. The molecule has 1 unspecified atom stereocenters. The zero-order valence-electron chi connectivity index (χ0n) is 13.5. The van der Waals surface area contributed by atoms with E-state index in [1.165, 1.54) is 14.2 Å². The van der Waals surface area contributed by atoms with E-state index in [0.29, 0.717) is 5.56 Å². The van der Waals surface area contributed by atoms with E-state index < -0.39 is 23.1 Å². The molecule has 0 saturated heterocycles. The van der Waals surface area contributed by atoms with Crippen molar-refractivity contribution in [2.45, 2.75) is 38.4 Å². The Morgan fingerprint density at radius 1 is 0.955 bits per heavy atom. The highest BCUT2D eigenvalue weighted by molar-refractivity contribution is 5.87. The third-order valence-electron chi connectivity index (χ3n) is 2.81.